The van der Waals surface area contributed by atoms with Gasteiger partial charge in [0.15, 0.2) is 0 Å². The molecular formula is C15H18N4O. The van der Waals surface area contributed by atoms with E-state index < -0.39 is 6.03 Å². The average Bonchev–Trinajstić information content (AvgIpc) is 2.40. The predicted octanol–water partition coefficient (Wildman–Crippen LogP) is 2.61. The third kappa shape index (κ3) is 3.06. The van der Waals surface area contributed by atoms with E-state index in [2.05, 4.69) is 10.3 Å². The van der Waals surface area contributed by atoms with Gasteiger partial charge >= 0.3 is 6.03 Å². The molecule has 0 aliphatic carbocycles. The van der Waals surface area contributed by atoms with Crippen LogP contribution in [0, 0.1) is 6.92 Å². The molecule has 0 aliphatic rings. The summed E-state index contributed by atoms with van der Waals surface area (Å²) in [4.78, 5) is 17.3. The minimum absolute atomic E-state index is 0.569. The summed E-state index contributed by atoms with van der Waals surface area (Å²) >= 11 is 0. The second-order valence-corrected chi connectivity index (χ2v) is 4.82. The second kappa shape index (κ2) is 5.61. The Morgan fingerprint density at radius 1 is 1.25 bits per heavy atom. The van der Waals surface area contributed by atoms with E-state index in [-0.39, 0.29) is 0 Å². The topological polar surface area (TPSA) is 71.2 Å². The maximum absolute atomic E-state index is 10.9. The van der Waals surface area contributed by atoms with Crippen LogP contribution in [-0.4, -0.2) is 25.1 Å². The van der Waals surface area contributed by atoms with Gasteiger partial charge in [-0.3, -0.25) is 0 Å². The number of hydrogen-bond acceptors (Lipinski definition) is 3. The monoisotopic (exact) mass is 270 g/mol. The molecule has 2 rings (SSSR count). The molecule has 3 N–H and O–H groups in total. The molecule has 0 spiro atoms. The van der Waals surface area contributed by atoms with Crippen molar-refractivity contribution in [2.24, 2.45) is 5.73 Å². The Balaban J connectivity index is 2.38. The highest BCUT2D eigenvalue weighted by atomic mass is 16.2. The largest absolute Gasteiger partial charge is 0.363 e. The molecule has 0 saturated heterocycles. The van der Waals surface area contributed by atoms with Crippen LogP contribution in [0.25, 0.3) is 11.1 Å². The highest BCUT2D eigenvalue weighted by molar-refractivity contribution is 5.89. The molecule has 1 aromatic carbocycles. The van der Waals surface area contributed by atoms with Crippen molar-refractivity contribution >= 4 is 17.5 Å². The first-order valence-electron chi connectivity index (χ1n) is 6.28. The Bertz CT molecular complexity index is 620. The van der Waals surface area contributed by atoms with E-state index >= 15 is 0 Å². The molecule has 0 unspecified atom stereocenters. The lowest BCUT2D eigenvalue weighted by Gasteiger charge is -2.13. The Morgan fingerprint density at radius 3 is 2.55 bits per heavy atom. The lowest BCUT2D eigenvalue weighted by Crippen LogP contribution is -2.19. The quantitative estimate of drug-likeness (QED) is 0.900. The smallest absolute Gasteiger partial charge is 0.316 e. The summed E-state index contributed by atoms with van der Waals surface area (Å²) in [7, 11) is 3.90. The van der Waals surface area contributed by atoms with Gasteiger partial charge in [-0.15, -0.1) is 0 Å². The van der Waals surface area contributed by atoms with Crippen molar-refractivity contribution in [2.45, 2.75) is 6.92 Å². The number of nitrogens with one attached hydrogen (secondary N) is 1. The van der Waals surface area contributed by atoms with Crippen molar-refractivity contribution in [3.8, 4) is 11.1 Å². The highest BCUT2D eigenvalue weighted by Gasteiger charge is 2.06. The molecular weight excluding hydrogens is 252 g/mol. The average molecular weight is 270 g/mol. The minimum Gasteiger partial charge on any atom is -0.363 e. The Hall–Kier alpha value is -2.56. The number of aryl methyl sites for hydroxylation is 1. The van der Waals surface area contributed by atoms with Crippen LogP contribution in [0.2, 0.25) is 0 Å². The van der Waals surface area contributed by atoms with Crippen LogP contribution < -0.4 is 16.0 Å². The number of nitrogens with two attached hydrogens (primary N) is 1. The number of primary amides is 1. The number of hydrogen-bond donors (Lipinski definition) is 2. The van der Waals surface area contributed by atoms with Gasteiger partial charge in [0.05, 0.1) is 0 Å². The molecule has 0 bridgehead atoms. The fourth-order valence-corrected chi connectivity index (χ4v) is 1.96. The van der Waals surface area contributed by atoms with E-state index in [1.54, 1.807) is 0 Å². The summed E-state index contributed by atoms with van der Waals surface area (Å²) < 4.78 is 0. The molecule has 1 aromatic heterocycles. The van der Waals surface area contributed by atoms with Crippen LogP contribution in [0.5, 0.6) is 0 Å². The maximum atomic E-state index is 10.9. The molecule has 0 atom stereocenters. The fraction of sp³-hybridized carbons (Fsp3) is 0.200. The summed E-state index contributed by atoms with van der Waals surface area (Å²) in [6.45, 7) is 2.02. The number of benzene rings is 1. The third-order valence-electron chi connectivity index (χ3n) is 3.02. The molecule has 0 fully saturated rings. The van der Waals surface area contributed by atoms with E-state index in [1.807, 2.05) is 62.4 Å². The van der Waals surface area contributed by atoms with Crippen molar-refractivity contribution < 1.29 is 4.79 Å². The first-order valence-corrected chi connectivity index (χ1v) is 6.28. The number of carbonyl (C=O) groups excluding carboxylic acids is 1. The maximum Gasteiger partial charge on any atom is 0.316 e. The first-order chi connectivity index (χ1) is 9.47. The number of rotatable bonds is 3. The molecule has 0 aliphatic heterocycles. The van der Waals surface area contributed by atoms with Crippen LogP contribution in [0.3, 0.4) is 0 Å². The second-order valence-electron chi connectivity index (χ2n) is 4.82. The van der Waals surface area contributed by atoms with Crippen molar-refractivity contribution in [3.63, 3.8) is 0 Å². The SMILES string of the molecule is Cc1ccc(NC(N)=O)cc1-c1ccc(N(C)C)nc1. The van der Waals surface area contributed by atoms with Crippen LogP contribution in [0.15, 0.2) is 36.5 Å². The van der Waals surface area contributed by atoms with Crippen LogP contribution in [-0.2, 0) is 0 Å². The molecule has 2 aromatic rings. The molecule has 1 heterocycles. The number of nitrogens with zero attached hydrogens (tertiary/aromatic N) is 2. The van der Waals surface area contributed by atoms with Gasteiger partial charge in [-0.05, 0) is 42.3 Å². The van der Waals surface area contributed by atoms with E-state index in [1.165, 1.54) is 0 Å². The van der Waals surface area contributed by atoms with Gasteiger partial charge in [-0.25, -0.2) is 9.78 Å². The fourth-order valence-electron chi connectivity index (χ4n) is 1.96. The van der Waals surface area contributed by atoms with Crippen LogP contribution in [0.1, 0.15) is 5.56 Å². The van der Waals surface area contributed by atoms with Gasteiger partial charge in [-0.1, -0.05) is 6.07 Å². The lowest BCUT2D eigenvalue weighted by atomic mass is 10.0. The Morgan fingerprint density at radius 2 is 2.00 bits per heavy atom. The van der Waals surface area contributed by atoms with Gasteiger partial charge < -0.3 is 16.0 Å². The number of urea groups is 1. The van der Waals surface area contributed by atoms with E-state index in [9.17, 15) is 4.79 Å². The molecule has 5 heteroatoms. The van der Waals surface area contributed by atoms with Gasteiger partial charge in [-0.2, -0.15) is 0 Å². The summed E-state index contributed by atoms with van der Waals surface area (Å²) in [6, 6.07) is 9.07. The molecule has 0 radical (unpaired) electrons. The van der Waals surface area contributed by atoms with E-state index in [4.69, 9.17) is 5.73 Å². The number of aromatic nitrogens is 1. The summed E-state index contributed by atoms with van der Waals surface area (Å²) in [5.41, 5.74) is 8.95. The van der Waals surface area contributed by atoms with Gasteiger partial charge in [0.2, 0.25) is 0 Å². The van der Waals surface area contributed by atoms with Crippen LogP contribution in [0.4, 0.5) is 16.3 Å². The summed E-state index contributed by atoms with van der Waals surface area (Å²) in [5, 5.41) is 2.58. The van der Waals surface area contributed by atoms with E-state index in [0.29, 0.717) is 5.69 Å². The zero-order valence-corrected chi connectivity index (χ0v) is 11.8. The standard InChI is InChI=1S/C15H18N4O/c1-10-4-6-12(18-15(16)20)8-13(10)11-5-7-14(17-9-11)19(2)3/h4-9H,1-3H3,(H3,16,18,20). The molecule has 20 heavy (non-hydrogen) atoms. The van der Waals surface area contributed by atoms with Gasteiger partial charge in [0, 0.05) is 31.5 Å². The Kier molecular flexibility index (Phi) is 3.89. The number of anilines is 2. The van der Waals surface area contributed by atoms with E-state index in [0.717, 1.165) is 22.5 Å². The van der Waals surface area contributed by atoms with Crippen molar-refractivity contribution in [3.05, 3.63) is 42.1 Å². The molecule has 0 saturated carbocycles. The predicted molar refractivity (Wildman–Crippen MR) is 81.9 cm³/mol. The zero-order valence-electron chi connectivity index (χ0n) is 11.8. The van der Waals surface area contributed by atoms with Crippen molar-refractivity contribution in [1.82, 2.24) is 4.98 Å². The molecule has 104 valence electrons. The lowest BCUT2D eigenvalue weighted by molar-refractivity contribution is 0.259. The van der Waals surface area contributed by atoms with Gasteiger partial charge in [0.25, 0.3) is 0 Å². The molecule has 2 amide bonds. The third-order valence-corrected chi connectivity index (χ3v) is 3.02. The first kappa shape index (κ1) is 13.9. The summed E-state index contributed by atoms with van der Waals surface area (Å²) in [6.07, 6.45) is 1.83. The zero-order chi connectivity index (χ0) is 14.7. The van der Waals surface area contributed by atoms with Crippen molar-refractivity contribution in [1.29, 1.82) is 0 Å². The number of amides is 2. The number of carbonyl (C=O) groups is 1. The minimum atomic E-state index is -0.569. The van der Waals surface area contributed by atoms with Crippen LogP contribution >= 0.6 is 0 Å². The summed E-state index contributed by atoms with van der Waals surface area (Å²) in [5.74, 6) is 0.901. The van der Waals surface area contributed by atoms with Crippen molar-refractivity contribution in [2.75, 3.05) is 24.3 Å². The van der Waals surface area contributed by atoms with Gasteiger partial charge in [0.1, 0.15) is 5.82 Å². The highest BCUT2D eigenvalue weighted by Crippen LogP contribution is 2.27. The normalized spacial score (nSPS) is 10.2. The Labute approximate surface area is 118 Å². The molecule has 5 nitrogen and oxygen atoms in total. The number of pyridine rings is 1.